The van der Waals surface area contributed by atoms with E-state index >= 15 is 0 Å². The van der Waals surface area contributed by atoms with Crippen molar-refractivity contribution in [1.29, 1.82) is 0 Å². The second kappa shape index (κ2) is 5.82. The fraction of sp³-hybridized carbons (Fsp3) is 0.0588. The third-order valence-electron chi connectivity index (χ3n) is 3.72. The monoisotopic (exact) mass is 336 g/mol. The average Bonchev–Trinajstić information content (AvgIpc) is 2.99. The van der Waals surface area contributed by atoms with Crippen LogP contribution in [-0.2, 0) is 0 Å². The number of H-pyrrole nitrogens is 1. The maximum atomic E-state index is 13.0. The van der Waals surface area contributed by atoms with Crippen LogP contribution in [0.15, 0.2) is 53.5 Å². The molecule has 0 aliphatic heterocycles. The lowest BCUT2D eigenvalue weighted by atomic mass is 10.1. The molecule has 2 N–H and O–H groups in total. The summed E-state index contributed by atoms with van der Waals surface area (Å²) in [6, 6.07) is 12.3. The number of nitrogens with zero attached hydrogens (tertiary/aromatic N) is 4. The number of benzene rings is 1. The van der Waals surface area contributed by atoms with Gasteiger partial charge in [0, 0.05) is 11.6 Å². The summed E-state index contributed by atoms with van der Waals surface area (Å²) < 4.78 is 14.3. The van der Waals surface area contributed by atoms with Crippen molar-refractivity contribution in [3.05, 3.63) is 70.5 Å². The molecule has 0 amide bonds. The minimum atomic E-state index is -0.447. The van der Waals surface area contributed by atoms with Crippen LogP contribution in [-0.4, -0.2) is 24.6 Å². The SMILES string of the molecule is Cc1ccc(-c2cc3n[nH]c(=O)n3c(Nc3ccc(F)cn3)n2)cc1. The van der Waals surface area contributed by atoms with E-state index in [1.165, 1.54) is 16.5 Å². The number of nitrogens with one attached hydrogen (secondary N) is 2. The largest absolute Gasteiger partial charge is 0.350 e. The van der Waals surface area contributed by atoms with E-state index in [4.69, 9.17) is 0 Å². The summed E-state index contributed by atoms with van der Waals surface area (Å²) in [6.45, 7) is 2.00. The Kier molecular flexibility index (Phi) is 3.50. The first kappa shape index (κ1) is 15.0. The van der Waals surface area contributed by atoms with Gasteiger partial charge in [0.05, 0.1) is 11.9 Å². The summed E-state index contributed by atoms with van der Waals surface area (Å²) in [5, 5.41) is 9.34. The van der Waals surface area contributed by atoms with E-state index in [1.807, 2.05) is 31.2 Å². The van der Waals surface area contributed by atoms with Crippen molar-refractivity contribution >= 4 is 17.4 Å². The highest BCUT2D eigenvalue weighted by atomic mass is 19.1. The molecule has 0 fully saturated rings. The molecule has 0 unspecified atom stereocenters. The van der Waals surface area contributed by atoms with Gasteiger partial charge in [-0.05, 0) is 19.1 Å². The number of pyridine rings is 1. The summed E-state index contributed by atoms with van der Waals surface area (Å²) in [4.78, 5) is 20.5. The number of hydrogen-bond donors (Lipinski definition) is 2. The van der Waals surface area contributed by atoms with Crippen molar-refractivity contribution in [2.24, 2.45) is 0 Å². The quantitative estimate of drug-likeness (QED) is 0.600. The maximum Gasteiger partial charge on any atom is 0.350 e. The molecule has 0 atom stereocenters. The molecule has 7 nitrogen and oxygen atoms in total. The standard InChI is InChI=1S/C17H13FN6O/c1-10-2-4-11(5-3-10)13-8-15-22-23-17(25)24(15)16(20-13)21-14-7-6-12(18)9-19-14/h2-9H,1H3,(H,23,25)(H,19,20,21). The first-order valence-corrected chi connectivity index (χ1v) is 7.54. The Morgan fingerprint density at radius 1 is 1.16 bits per heavy atom. The van der Waals surface area contributed by atoms with Crippen molar-refractivity contribution in [3.8, 4) is 11.3 Å². The molecule has 8 heteroatoms. The van der Waals surface area contributed by atoms with E-state index in [-0.39, 0.29) is 5.95 Å². The molecule has 3 aromatic heterocycles. The molecule has 0 saturated heterocycles. The van der Waals surface area contributed by atoms with Gasteiger partial charge in [0.2, 0.25) is 5.95 Å². The molecule has 1 aromatic carbocycles. The van der Waals surface area contributed by atoms with E-state index in [0.717, 1.165) is 17.3 Å². The van der Waals surface area contributed by atoms with Crippen molar-refractivity contribution < 1.29 is 4.39 Å². The highest BCUT2D eigenvalue weighted by Gasteiger charge is 2.12. The number of aromatic nitrogens is 5. The molecule has 0 spiro atoms. The molecule has 0 bridgehead atoms. The van der Waals surface area contributed by atoms with E-state index in [2.05, 4.69) is 25.5 Å². The predicted molar refractivity (Wildman–Crippen MR) is 91.3 cm³/mol. The Labute approximate surface area is 141 Å². The van der Waals surface area contributed by atoms with Crippen LogP contribution >= 0.6 is 0 Å². The Morgan fingerprint density at radius 3 is 2.68 bits per heavy atom. The van der Waals surface area contributed by atoms with Crippen molar-refractivity contribution in [2.75, 3.05) is 5.32 Å². The molecule has 4 rings (SSSR count). The lowest BCUT2D eigenvalue weighted by Gasteiger charge is -2.09. The van der Waals surface area contributed by atoms with Gasteiger partial charge in [0.15, 0.2) is 5.65 Å². The molecule has 0 saturated carbocycles. The summed E-state index contributed by atoms with van der Waals surface area (Å²) in [5.74, 6) is 0.160. The smallest absolute Gasteiger partial charge is 0.310 e. The van der Waals surface area contributed by atoms with Gasteiger partial charge in [-0.1, -0.05) is 29.8 Å². The van der Waals surface area contributed by atoms with Gasteiger partial charge in [0.25, 0.3) is 0 Å². The zero-order valence-electron chi connectivity index (χ0n) is 13.2. The number of halogens is 1. The van der Waals surface area contributed by atoms with Gasteiger partial charge in [-0.3, -0.25) is 0 Å². The maximum absolute atomic E-state index is 13.0. The highest BCUT2D eigenvalue weighted by Crippen LogP contribution is 2.22. The van der Waals surface area contributed by atoms with Crippen molar-refractivity contribution in [2.45, 2.75) is 6.92 Å². The summed E-state index contributed by atoms with van der Waals surface area (Å²) in [6.07, 6.45) is 1.08. The van der Waals surface area contributed by atoms with E-state index in [1.54, 1.807) is 6.07 Å². The van der Waals surface area contributed by atoms with Crippen LogP contribution in [0.3, 0.4) is 0 Å². The molecule has 4 aromatic rings. The summed E-state index contributed by atoms with van der Waals surface area (Å²) >= 11 is 0. The van der Waals surface area contributed by atoms with Gasteiger partial charge >= 0.3 is 5.69 Å². The zero-order chi connectivity index (χ0) is 17.4. The Balaban J connectivity index is 1.85. The first-order valence-electron chi connectivity index (χ1n) is 7.54. The average molecular weight is 336 g/mol. The number of hydrogen-bond acceptors (Lipinski definition) is 5. The topological polar surface area (TPSA) is 88.0 Å². The third kappa shape index (κ3) is 2.85. The van der Waals surface area contributed by atoms with Crippen LogP contribution in [0, 0.1) is 12.7 Å². The molecule has 0 aliphatic carbocycles. The van der Waals surface area contributed by atoms with Gasteiger partial charge in [-0.2, -0.15) is 5.10 Å². The third-order valence-corrected chi connectivity index (χ3v) is 3.72. The van der Waals surface area contributed by atoms with Crippen LogP contribution < -0.4 is 11.0 Å². The number of fused-ring (bicyclic) bond motifs is 1. The molecule has 0 aliphatic rings. The predicted octanol–water partition coefficient (Wildman–Crippen LogP) is 2.67. The molecule has 25 heavy (non-hydrogen) atoms. The molecule has 3 heterocycles. The van der Waals surface area contributed by atoms with Crippen LogP contribution in [0.1, 0.15) is 5.56 Å². The minimum Gasteiger partial charge on any atom is -0.310 e. The van der Waals surface area contributed by atoms with E-state index < -0.39 is 11.5 Å². The molecular formula is C17H13FN6O. The second-order valence-electron chi connectivity index (χ2n) is 5.54. The number of aryl methyl sites for hydroxylation is 1. The Hall–Kier alpha value is -3.55. The van der Waals surface area contributed by atoms with Gasteiger partial charge in [0.1, 0.15) is 11.6 Å². The fourth-order valence-electron chi connectivity index (χ4n) is 2.45. The van der Waals surface area contributed by atoms with Crippen LogP contribution in [0.5, 0.6) is 0 Å². The van der Waals surface area contributed by atoms with Gasteiger partial charge < -0.3 is 5.32 Å². The van der Waals surface area contributed by atoms with Crippen LogP contribution in [0.25, 0.3) is 16.9 Å². The second-order valence-corrected chi connectivity index (χ2v) is 5.54. The number of rotatable bonds is 3. The fourth-order valence-corrected chi connectivity index (χ4v) is 2.45. The van der Waals surface area contributed by atoms with Gasteiger partial charge in [-0.25, -0.2) is 28.7 Å². The van der Waals surface area contributed by atoms with E-state index in [9.17, 15) is 9.18 Å². The summed E-state index contributed by atoms with van der Waals surface area (Å²) in [7, 11) is 0. The number of anilines is 2. The van der Waals surface area contributed by atoms with Crippen LogP contribution in [0.4, 0.5) is 16.2 Å². The normalized spacial score (nSPS) is 11.0. The van der Waals surface area contributed by atoms with Crippen molar-refractivity contribution in [3.63, 3.8) is 0 Å². The lowest BCUT2D eigenvalue weighted by molar-refractivity contribution is 0.622. The van der Waals surface area contributed by atoms with Crippen LogP contribution in [0.2, 0.25) is 0 Å². The Bertz CT molecular complexity index is 1100. The number of aromatic amines is 1. The first-order chi connectivity index (χ1) is 12.1. The zero-order valence-corrected chi connectivity index (χ0v) is 13.2. The summed E-state index contributed by atoms with van der Waals surface area (Å²) in [5.41, 5.74) is 2.66. The van der Waals surface area contributed by atoms with E-state index in [0.29, 0.717) is 17.2 Å². The Morgan fingerprint density at radius 2 is 1.96 bits per heavy atom. The lowest BCUT2D eigenvalue weighted by Crippen LogP contribution is -2.15. The molecular weight excluding hydrogens is 323 g/mol. The highest BCUT2D eigenvalue weighted by molar-refractivity contribution is 5.67. The molecule has 0 radical (unpaired) electrons. The van der Waals surface area contributed by atoms with Gasteiger partial charge in [-0.15, -0.1) is 0 Å². The molecule has 124 valence electrons. The minimum absolute atomic E-state index is 0.242. The van der Waals surface area contributed by atoms with Crippen molar-refractivity contribution in [1.82, 2.24) is 24.6 Å².